The van der Waals surface area contributed by atoms with Crippen LogP contribution in [-0.2, 0) is 6.54 Å². The molecule has 0 atom stereocenters. The number of likely N-dealkylation sites (tertiary alicyclic amines) is 1. The van der Waals surface area contributed by atoms with E-state index >= 15 is 0 Å². The van der Waals surface area contributed by atoms with E-state index < -0.39 is 0 Å². The Morgan fingerprint density at radius 1 is 1.17 bits per heavy atom. The van der Waals surface area contributed by atoms with E-state index in [1.54, 1.807) is 12.1 Å². The Balaban J connectivity index is 1.98. The third-order valence-electron chi connectivity index (χ3n) is 2.29. The molecule has 0 amide bonds. The van der Waals surface area contributed by atoms with Gasteiger partial charge < -0.3 is 5.11 Å². The summed E-state index contributed by atoms with van der Waals surface area (Å²) in [7, 11) is 0. The minimum absolute atomic E-state index is 0.349. The molecule has 0 bridgehead atoms. The molecule has 1 aromatic carbocycles. The molecule has 1 saturated heterocycles. The van der Waals surface area contributed by atoms with E-state index in [1.165, 1.54) is 25.1 Å². The molecule has 1 N–H and O–H groups in total. The third-order valence-corrected chi connectivity index (χ3v) is 2.29. The molecule has 0 saturated carbocycles. The maximum Gasteiger partial charge on any atom is 0.115 e. The topological polar surface area (TPSA) is 23.5 Å². The van der Waals surface area contributed by atoms with Gasteiger partial charge in [-0.1, -0.05) is 12.1 Å². The van der Waals surface area contributed by atoms with E-state index in [4.69, 9.17) is 5.11 Å². The van der Waals surface area contributed by atoms with Crippen LogP contribution >= 0.6 is 0 Å². The van der Waals surface area contributed by atoms with E-state index in [-0.39, 0.29) is 0 Å². The van der Waals surface area contributed by atoms with E-state index in [1.807, 2.05) is 12.1 Å². The van der Waals surface area contributed by atoms with Crippen molar-refractivity contribution in [1.82, 2.24) is 4.90 Å². The molecule has 1 fully saturated rings. The Labute approximate surface area is 72.4 Å². The van der Waals surface area contributed by atoms with Crippen LogP contribution in [0.3, 0.4) is 0 Å². The van der Waals surface area contributed by atoms with Crippen molar-refractivity contribution in [2.45, 2.75) is 13.0 Å². The molecule has 0 spiro atoms. The summed E-state index contributed by atoms with van der Waals surface area (Å²) in [4.78, 5) is 2.40. The van der Waals surface area contributed by atoms with Gasteiger partial charge in [-0.25, -0.2) is 0 Å². The van der Waals surface area contributed by atoms with Crippen LogP contribution in [0.2, 0.25) is 0 Å². The number of benzene rings is 1. The predicted octanol–water partition coefficient (Wildman–Crippen LogP) is 1.60. The number of rotatable bonds is 2. The number of hydrogen-bond acceptors (Lipinski definition) is 2. The van der Waals surface area contributed by atoms with E-state index in [0.717, 1.165) is 6.54 Å². The van der Waals surface area contributed by atoms with Crippen molar-refractivity contribution >= 4 is 0 Å². The molecule has 2 heteroatoms. The molecule has 1 heterocycles. The minimum Gasteiger partial charge on any atom is -0.508 e. The van der Waals surface area contributed by atoms with Gasteiger partial charge in [-0.2, -0.15) is 0 Å². The molecule has 0 radical (unpaired) electrons. The SMILES string of the molecule is Oc1ccc(CN2CCC2)cc1. The average Bonchev–Trinajstić information content (AvgIpc) is 2.00. The molecule has 12 heavy (non-hydrogen) atoms. The zero-order chi connectivity index (χ0) is 8.39. The first-order valence-corrected chi connectivity index (χ1v) is 4.35. The van der Waals surface area contributed by atoms with Gasteiger partial charge in [0.2, 0.25) is 0 Å². The lowest BCUT2D eigenvalue weighted by Gasteiger charge is -2.30. The lowest BCUT2D eigenvalue weighted by Crippen LogP contribution is -2.36. The number of aromatic hydroxyl groups is 1. The predicted molar refractivity (Wildman–Crippen MR) is 48.0 cm³/mol. The quantitative estimate of drug-likeness (QED) is 0.715. The summed E-state index contributed by atoms with van der Waals surface area (Å²) >= 11 is 0. The van der Waals surface area contributed by atoms with Crippen LogP contribution in [0.4, 0.5) is 0 Å². The molecule has 1 aliphatic heterocycles. The highest BCUT2D eigenvalue weighted by Gasteiger charge is 2.12. The molecule has 2 nitrogen and oxygen atoms in total. The zero-order valence-corrected chi connectivity index (χ0v) is 7.03. The summed E-state index contributed by atoms with van der Waals surface area (Å²) in [5, 5.41) is 9.05. The average molecular weight is 163 g/mol. The van der Waals surface area contributed by atoms with Gasteiger partial charge in [-0.15, -0.1) is 0 Å². The molecular weight excluding hydrogens is 150 g/mol. The van der Waals surface area contributed by atoms with Crippen LogP contribution in [0.15, 0.2) is 24.3 Å². The van der Waals surface area contributed by atoms with Crippen LogP contribution < -0.4 is 0 Å². The number of nitrogens with zero attached hydrogens (tertiary/aromatic N) is 1. The summed E-state index contributed by atoms with van der Waals surface area (Å²) in [5.41, 5.74) is 1.28. The summed E-state index contributed by atoms with van der Waals surface area (Å²) in [5.74, 6) is 0.349. The van der Waals surface area contributed by atoms with Crippen molar-refractivity contribution in [2.75, 3.05) is 13.1 Å². The number of hydrogen-bond donors (Lipinski definition) is 1. The van der Waals surface area contributed by atoms with E-state index in [2.05, 4.69) is 4.90 Å². The highest BCUT2D eigenvalue weighted by molar-refractivity contribution is 5.25. The zero-order valence-electron chi connectivity index (χ0n) is 7.03. The lowest BCUT2D eigenvalue weighted by atomic mass is 10.1. The van der Waals surface area contributed by atoms with E-state index in [9.17, 15) is 0 Å². The Hall–Kier alpha value is -1.02. The van der Waals surface area contributed by atoms with Crippen molar-refractivity contribution in [3.05, 3.63) is 29.8 Å². The van der Waals surface area contributed by atoms with Gasteiger partial charge >= 0.3 is 0 Å². The van der Waals surface area contributed by atoms with Crippen LogP contribution in [0, 0.1) is 0 Å². The number of phenols is 1. The van der Waals surface area contributed by atoms with Crippen LogP contribution in [-0.4, -0.2) is 23.1 Å². The second-order valence-electron chi connectivity index (χ2n) is 3.30. The monoisotopic (exact) mass is 163 g/mol. The second kappa shape index (κ2) is 3.15. The van der Waals surface area contributed by atoms with E-state index in [0.29, 0.717) is 5.75 Å². The van der Waals surface area contributed by atoms with Crippen LogP contribution in [0.5, 0.6) is 5.75 Å². The first kappa shape index (κ1) is 7.62. The van der Waals surface area contributed by atoms with Gasteiger partial charge in [-0.05, 0) is 37.2 Å². The summed E-state index contributed by atoms with van der Waals surface area (Å²) in [6.07, 6.45) is 1.33. The number of phenolic OH excluding ortho intramolecular Hbond substituents is 1. The molecule has 0 unspecified atom stereocenters. The lowest BCUT2D eigenvalue weighted by molar-refractivity contribution is 0.172. The van der Waals surface area contributed by atoms with Gasteiger partial charge in [0.05, 0.1) is 0 Å². The van der Waals surface area contributed by atoms with Crippen molar-refractivity contribution in [2.24, 2.45) is 0 Å². The smallest absolute Gasteiger partial charge is 0.115 e. The first-order valence-electron chi connectivity index (χ1n) is 4.35. The second-order valence-corrected chi connectivity index (χ2v) is 3.30. The maximum atomic E-state index is 9.05. The third kappa shape index (κ3) is 1.59. The molecule has 0 aromatic heterocycles. The Bertz CT molecular complexity index is 251. The van der Waals surface area contributed by atoms with Crippen LogP contribution in [0.25, 0.3) is 0 Å². The molecule has 1 aromatic rings. The minimum atomic E-state index is 0.349. The Morgan fingerprint density at radius 3 is 2.33 bits per heavy atom. The van der Waals surface area contributed by atoms with Gasteiger partial charge in [0, 0.05) is 6.54 Å². The fraction of sp³-hybridized carbons (Fsp3) is 0.400. The molecule has 0 aliphatic carbocycles. The Morgan fingerprint density at radius 2 is 1.83 bits per heavy atom. The van der Waals surface area contributed by atoms with Gasteiger partial charge in [0.1, 0.15) is 5.75 Å². The standard InChI is InChI=1S/C10H13NO/c12-10-4-2-9(3-5-10)8-11-6-1-7-11/h2-5,12H,1,6-8H2. The highest BCUT2D eigenvalue weighted by Crippen LogP contribution is 2.14. The molecular formula is C10H13NO. The summed E-state index contributed by atoms with van der Waals surface area (Å²) < 4.78 is 0. The van der Waals surface area contributed by atoms with Gasteiger partial charge in [0.25, 0.3) is 0 Å². The molecule has 1 aliphatic rings. The fourth-order valence-electron chi connectivity index (χ4n) is 1.40. The van der Waals surface area contributed by atoms with Crippen molar-refractivity contribution in [1.29, 1.82) is 0 Å². The molecule has 64 valence electrons. The van der Waals surface area contributed by atoms with Crippen LogP contribution in [0.1, 0.15) is 12.0 Å². The molecule has 2 rings (SSSR count). The maximum absolute atomic E-state index is 9.05. The normalized spacial score (nSPS) is 17.3. The largest absolute Gasteiger partial charge is 0.508 e. The van der Waals surface area contributed by atoms with Gasteiger partial charge in [0.15, 0.2) is 0 Å². The first-order chi connectivity index (χ1) is 5.84. The van der Waals surface area contributed by atoms with Crippen molar-refractivity contribution in [3.63, 3.8) is 0 Å². The summed E-state index contributed by atoms with van der Waals surface area (Å²) in [6.45, 7) is 3.47. The fourth-order valence-corrected chi connectivity index (χ4v) is 1.40. The van der Waals surface area contributed by atoms with Crippen molar-refractivity contribution < 1.29 is 5.11 Å². The van der Waals surface area contributed by atoms with Crippen molar-refractivity contribution in [3.8, 4) is 5.75 Å². The summed E-state index contributed by atoms with van der Waals surface area (Å²) in [6, 6.07) is 7.45. The Kier molecular flexibility index (Phi) is 2.00. The van der Waals surface area contributed by atoms with Gasteiger partial charge in [-0.3, -0.25) is 4.90 Å². The highest BCUT2D eigenvalue weighted by atomic mass is 16.3.